The van der Waals surface area contributed by atoms with Crippen LogP contribution in [0, 0.1) is 0 Å². The number of nitrogens with two attached hydrogens (primary N) is 1. The van der Waals surface area contributed by atoms with Crippen molar-refractivity contribution in [3.8, 4) is 0 Å². The molecular weight excluding hydrogens is 288 g/mol. The van der Waals surface area contributed by atoms with Crippen LogP contribution < -0.4 is 5.73 Å². The summed E-state index contributed by atoms with van der Waals surface area (Å²) < 4.78 is 25.4. The van der Waals surface area contributed by atoms with Crippen LogP contribution in [0.3, 0.4) is 0 Å². The van der Waals surface area contributed by atoms with Gasteiger partial charge < -0.3 is 10.8 Å². The molecule has 3 N–H and O–H groups in total. The lowest BCUT2D eigenvalue weighted by molar-refractivity contribution is 0.221. The zero-order valence-corrected chi connectivity index (χ0v) is 12.7. The van der Waals surface area contributed by atoms with E-state index >= 15 is 0 Å². The molecule has 0 radical (unpaired) electrons. The summed E-state index contributed by atoms with van der Waals surface area (Å²) in [4.78, 5) is 0.103. The van der Waals surface area contributed by atoms with E-state index < -0.39 is 16.1 Å². The minimum absolute atomic E-state index is 0.103. The first-order valence-electron chi connectivity index (χ1n) is 6.39. The Hall–Kier alpha value is -1.89. The summed E-state index contributed by atoms with van der Waals surface area (Å²) >= 11 is 0. The van der Waals surface area contributed by atoms with Gasteiger partial charge in [-0.05, 0) is 23.8 Å². The molecular formula is C15H18N2O3S. The third-order valence-corrected chi connectivity index (χ3v) is 5.06. The van der Waals surface area contributed by atoms with Crippen molar-refractivity contribution in [1.82, 2.24) is 4.31 Å². The second-order valence-electron chi connectivity index (χ2n) is 4.89. The number of aliphatic hydroxyl groups is 1. The number of sulfonamides is 1. The van der Waals surface area contributed by atoms with Crippen molar-refractivity contribution < 1.29 is 13.5 Å². The van der Waals surface area contributed by atoms with Gasteiger partial charge >= 0.3 is 0 Å². The topological polar surface area (TPSA) is 83.6 Å². The lowest BCUT2D eigenvalue weighted by atomic mass is 10.0. The number of hydrogen-bond donors (Lipinski definition) is 2. The fraction of sp³-hybridized carbons (Fsp3) is 0.200. The number of aliphatic hydroxyl groups excluding tert-OH is 1. The maximum absolute atomic E-state index is 12.2. The Balaban J connectivity index is 2.51. The first kappa shape index (κ1) is 15.5. The molecule has 0 spiro atoms. The number of nitrogens with zero attached hydrogens (tertiary/aromatic N) is 1. The number of nitrogen functional groups attached to an aromatic ring is 1. The Morgan fingerprint density at radius 2 is 1.71 bits per heavy atom. The average Bonchev–Trinajstić information content (AvgIpc) is 2.47. The Bertz CT molecular complexity index is 728. The summed E-state index contributed by atoms with van der Waals surface area (Å²) in [6.07, 6.45) is -0.969. The fourth-order valence-electron chi connectivity index (χ4n) is 1.98. The highest BCUT2D eigenvalue weighted by atomic mass is 32.2. The standard InChI is InChI=1S/C15H18N2O3S/c1-17(2)21(19,20)12-8-9-14(16)13(10-12)15(18)11-6-4-3-5-7-11/h3-10,15,18H,16H2,1-2H3/t15-/m1/s1. The molecule has 5 nitrogen and oxygen atoms in total. The minimum Gasteiger partial charge on any atom is -0.398 e. The van der Waals surface area contributed by atoms with Crippen molar-refractivity contribution in [2.75, 3.05) is 19.8 Å². The van der Waals surface area contributed by atoms with E-state index in [2.05, 4.69) is 0 Å². The van der Waals surface area contributed by atoms with E-state index in [1.807, 2.05) is 6.07 Å². The summed E-state index contributed by atoms with van der Waals surface area (Å²) in [6, 6.07) is 13.3. The predicted molar refractivity (Wildman–Crippen MR) is 82.2 cm³/mol. The van der Waals surface area contributed by atoms with E-state index in [0.29, 0.717) is 16.8 Å². The normalized spacial score (nSPS) is 13.3. The van der Waals surface area contributed by atoms with Crippen molar-refractivity contribution >= 4 is 15.7 Å². The molecule has 2 aromatic carbocycles. The molecule has 0 aliphatic carbocycles. The first-order valence-corrected chi connectivity index (χ1v) is 7.83. The predicted octanol–water partition coefficient (Wildman–Crippen LogP) is 1.60. The molecule has 2 aromatic rings. The average molecular weight is 306 g/mol. The van der Waals surface area contributed by atoms with Gasteiger partial charge in [-0.15, -0.1) is 0 Å². The fourth-order valence-corrected chi connectivity index (χ4v) is 2.91. The third-order valence-electron chi connectivity index (χ3n) is 3.25. The molecule has 0 aliphatic heterocycles. The van der Waals surface area contributed by atoms with Crippen LogP contribution in [-0.2, 0) is 10.0 Å². The lowest BCUT2D eigenvalue weighted by Crippen LogP contribution is -2.22. The van der Waals surface area contributed by atoms with Gasteiger partial charge in [-0.2, -0.15) is 0 Å². The molecule has 21 heavy (non-hydrogen) atoms. The van der Waals surface area contributed by atoms with Crippen molar-refractivity contribution in [2.45, 2.75) is 11.0 Å². The van der Waals surface area contributed by atoms with Gasteiger partial charge in [-0.25, -0.2) is 12.7 Å². The SMILES string of the molecule is CN(C)S(=O)(=O)c1ccc(N)c([C@H](O)c2ccccc2)c1. The summed E-state index contributed by atoms with van der Waals surface area (Å²) in [5.41, 5.74) is 7.26. The van der Waals surface area contributed by atoms with Crippen LogP contribution in [0.4, 0.5) is 5.69 Å². The molecule has 0 heterocycles. The van der Waals surface area contributed by atoms with E-state index in [4.69, 9.17) is 5.73 Å². The highest BCUT2D eigenvalue weighted by Crippen LogP contribution is 2.29. The van der Waals surface area contributed by atoms with Crippen LogP contribution in [-0.4, -0.2) is 31.9 Å². The Kier molecular flexibility index (Phi) is 4.32. The van der Waals surface area contributed by atoms with Crippen LogP contribution >= 0.6 is 0 Å². The lowest BCUT2D eigenvalue weighted by Gasteiger charge is -2.17. The monoisotopic (exact) mass is 306 g/mol. The summed E-state index contributed by atoms with van der Waals surface area (Å²) in [5.74, 6) is 0. The van der Waals surface area contributed by atoms with Gasteiger partial charge in [-0.1, -0.05) is 30.3 Å². The molecule has 2 rings (SSSR count). The number of anilines is 1. The molecule has 1 atom stereocenters. The zero-order chi connectivity index (χ0) is 15.6. The van der Waals surface area contributed by atoms with E-state index in [9.17, 15) is 13.5 Å². The van der Waals surface area contributed by atoms with Crippen LogP contribution in [0.25, 0.3) is 0 Å². The quantitative estimate of drug-likeness (QED) is 0.840. The highest BCUT2D eigenvalue weighted by molar-refractivity contribution is 7.89. The maximum atomic E-state index is 12.2. The van der Waals surface area contributed by atoms with Gasteiger partial charge in [0, 0.05) is 25.3 Å². The number of hydrogen-bond acceptors (Lipinski definition) is 4. The van der Waals surface area contributed by atoms with Crippen molar-refractivity contribution in [1.29, 1.82) is 0 Å². The molecule has 112 valence electrons. The Labute approximate surface area is 124 Å². The van der Waals surface area contributed by atoms with E-state index in [0.717, 1.165) is 4.31 Å². The summed E-state index contributed by atoms with van der Waals surface area (Å²) in [5, 5.41) is 10.4. The second kappa shape index (κ2) is 5.85. The largest absolute Gasteiger partial charge is 0.398 e. The molecule has 0 fully saturated rings. The third kappa shape index (κ3) is 3.07. The van der Waals surface area contributed by atoms with Crippen LogP contribution in [0.5, 0.6) is 0 Å². The molecule has 0 unspecified atom stereocenters. The molecule has 0 bridgehead atoms. The molecule has 0 amide bonds. The van der Waals surface area contributed by atoms with E-state index in [1.165, 1.54) is 32.3 Å². The van der Waals surface area contributed by atoms with Gasteiger partial charge in [0.1, 0.15) is 6.10 Å². The maximum Gasteiger partial charge on any atom is 0.242 e. The number of rotatable bonds is 4. The van der Waals surface area contributed by atoms with Crippen molar-refractivity contribution in [2.24, 2.45) is 0 Å². The Morgan fingerprint density at radius 3 is 2.29 bits per heavy atom. The van der Waals surface area contributed by atoms with Gasteiger partial charge in [0.25, 0.3) is 0 Å². The summed E-state index contributed by atoms with van der Waals surface area (Å²) in [7, 11) is -0.651. The minimum atomic E-state index is -3.57. The zero-order valence-electron chi connectivity index (χ0n) is 11.9. The first-order chi connectivity index (χ1) is 9.84. The molecule has 0 saturated carbocycles. The summed E-state index contributed by atoms with van der Waals surface area (Å²) in [6.45, 7) is 0. The van der Waals surface area contributed by atoms with Crippen LogP contribution in [0.1, 0.15) is 17.2 Å². The van der Waals surface area contributed by atoms with Gasteiger partial charge in [-0.3, -0.25) is 0 Å². The molecule has 0 aromatic heterocycles. The van der Waals surface area contributed by atoms with E-state index in [-0.39, 0.29) is 4.90 Å². The van der Waals surface area contributed by atoms with Crippen molar-refractivity contribution in [3.63, 3.8) is 0 Å². The van der Waals surface area contributed by atoms with Gasteiger partial charge in [0.2, 0.25) is 10.0 Å². The smallest absolute Gasteiger partial charge is 0.242 e. The van der Waals surface area contributed by atoms with Gasteiger partial charge in [0.05, 0.1) is 4.90 Å². The van der Waals surface area contributed by atoms with E-state index in [1.54, 1.807) is 24.3 Å². The molecule has 0 saturated heterocycles. The second-order valence-corrected chi connectivity index (χ2v) is 7.04. The van der Waals surface area contributed by atoms with Gasteiger partial charge in [0.15, 0.2) is 0 Å². The van der Waals surface area contributed by atoms with Crippen LogP contribution in [0.2, 0.25) is 0 Å². The van der Waals surface area contributed by atoms with Crippen molar-refractivity contribution in [3.05, 3.63) is 59.7 Å². The highest BCUT2D eigenvalue weighted by Gasteiger charge is 2.21. The Morgan fingerprint density at radius 1 is 1.10 bits per heavy atom. The molecule has 6 heteroatoms. The number of benzene rings is 2. The van der Waals surface area contributed by atoms with Crippen LogP contribution in [0.15, 0.2) is 53.4 Å². The molecule has 0 aliphatic rings.